The zero-order valence-electron chi connectivity index (χ0n) is 14.9. The van der Waals surface area contributed by atoms with Gasteiger partial charge in [-0.2, -0.15) is 5.10 Å². The van der Waals surface area contributed by atoms with Crippen LogP contribution in [0.4, 0.5) is 0 Å². The third kappa shape index (κ3) is 4.05. The number of amides is 1. The molecule has 1 aromatic heterocycles. The van der Waals surface area contributed by atoms with Crippen molar-refractivity contribution in [3.05, 3.63) is 53.9 Å². The fraction of sp³-hybridized carbons (Fsp3) is 0.500. The molecular formula is C20H27N3O. The van der Waals surface area contributed by atoms with Crippen LogP contribution in [0.5, 0.6) is 0 Å². The smallest absolute Gasteiger partial charge is 0.254 e. The molecule has 1 fully saturated rings. The van der Waals surface area contributed by atoms with Gasteiger partial charge in [-0.15, -0.1) is 0 Å². The van der Waals surface area contributed by atoms with Crippen molar-refractivity contribution < 1.29 is 4.79 Å². The summed E-state index contributed by atoms with van der Waals surface area (Å²) in [7, 11) is 0. The van der Waals surface area contributed by atoms with Crippen LogP contribution in [0.15, 0.2) is 42.7 Å². The van der Waals surface area contributed by atoms with Gasteiger partial charge in [-0.05, 0) is 48.4 Å². The van der Waals surface area contributed by atoms with E-state index in [9.17, 15) is 4.79 Å². The van der Waals surface area contributed by atoms with Gasteiger partial charge in [0, 0.05) is 30.5 Å². The number of rotatable bonds is 4. The minimum absolute atomic E-state index is 0.174. The molecule has 1 aromatic carbocycles. The second-order valence-electron chi connectivity index (χ2n) is 7.96. The Hall–Kier alpha value is -2.10. The number of nitrogens with zero attached hydrogens (tertiary/aromatic N) is 3. The highest BCUT2D eigenvalue weighted by Crippen LogP contribution is 2.30. The van der Waals surface area contributed by atoms with Crippen LogP contribution in [0.3, 0.4) is 0 Å². The molecule has 1 aliphatic rings. The monoisotopic (exact) mass is 325 g/mol. The van der Waals surface area contributed by atoms with Crippen molar-refractivity contribution in [2.24, 2.45) is 5.41 Å². The highest BCUT2D eigenvalue weighted by Gasteiger charge is 2.32. The summed E-state index contributed by atoms with van der Waals surface area (Å²) in [6.45, 7) is 8.36. The van der Waals surface area contributed by atoms with Gasteiger partial charge < -0.3 is 4.90 Å². The SMILES string of the molecule is CC(C)(C)C[C@@H]1CCCN1C(=O)c1ccc(Cn2cccn2)cc1. The first-order valence-electron chi connectivity index (χ1n) is 8.80. The molecule has 1 atom stereocenters. The van der Waals surface area contributed by atoms with Gasteiger partial charge in [-0.3, -0.25) is 9.48 Å². The number of carbonyl (C=O) groups excluding carboxylic acids is 1. The van der Waals surface area contributed by atoms with E-state index in [1.165, 1.54) is 0 Å². The standard InChI is InChI=1S/C20H27N3O/c1-20(2,3)14-18-6-4-13-23(18)19(24)17-9-7-16(8-10-17)15-22-12-5-11-21-22/h5,7-12,18H,4,6,13-15H2,1-3H3/t18-/m0/s1. The van der Waals surface area contributed by atoms with E-state index in [4.69, 9.17) is 0 Å². The predicted molar refractivity (Wildman–Crippen MR) is 95.9 cm³/mol. The quantitative estimate of drug-likeness (QED) is 0.853. The maximum atomic E-state index is 12.9. The first-order valence-corrected chi connectivity index (χ1v) is 8.80. The van der Waals surface area contributed by atoms with Gasteiger partial charge in [0.2, 0.25) is 0 Å². The van der Waals surface area contributed by atoms with Crippen LogP contribution in [0.25, 0.3) is 0 Å². The third-order valence-corrected chi connectivity index (χ3v) is 4.59. The highest BCUT2D eigenvalue weighted by atomic mass is 16.2. The summed E-state index contributed by atoms with van der Waals surface area (Å²) in [5.41, 5.74) is 2.20. The lowest BCUT2D eigenvalue weighted by Gasteiger charge is -2.30. The highest BCUT2D eigenvalue weighted by molar-refractivity contribution is 5.94. The Balaban J connectivity index is 1.68. The van der Waals surface area contributed by atoms with E-state index in [1.807, 2.05) is 41.2 Å². The summed E-state index contributed by atoms with van der Waals surface area (Å²) in [5.74, 6) is 0.174. The summed E-state index contributed by atoms with van der Waals surface area (Å²) in [5, 5.41) is 4.22. The molecule has 2 aromatic rings. The average molecular weight is 325 g/mol. The molecule has 128 valence electrons. The molecule has 0 unspecified atom stereocenters. The molecule has 0 bridgehead atoms. The van der Waals surface area contributed by atoms with E-state index in [0.717, 1.165) is 43.5 Å². The van der Waals surface area contributed by atoms with Gasteiger partial charge in [0.05, 0.1) is 6.54 Å². The lowest BCUT2D eigenvalue weighted by atomic mass is 9.87. The number of carbonyl (C=O) groups is 1. The van der Waals surface area contributed by atoms with Crippen molar-refractivity contribution in [3.63, 3.8) is 0 Å². The maximum Gasteiger partial charge on any atom is 0.254 e. The summed E-state index contributed by atoms with van der Waals surface area (Å²) in [4.78, 5) is 15.0. The number of likely N-dealkylation sites (tertiary alicyclic amines) is 1. The summed E-state index contributed by atoms with van der Waals surface area (Å²) < 4.78 is 1.89. The first kappa shape index (κ1) is 16.7. The normalized spacial score (nSPS) is 18.1. The van der Waals surface area contributed by atoms with Gasteiger partial charge in [0.15, 0.2) is 0 Å². The van der Waals surface area contributed by atoms with Crippen molar-refractivity contribution in [3.8, 4) is 0 Å². The van der Waals surface area contributed by atoms with Crippen LogP contribution in [0.2, 0.25) is 0 Å². The Morgan fingerprint density at radius 1 is 1.25 bits per heavy atom. The van der Waals surface area contributed by atoms with Crippen molar-refractivity contribution in [1.29, 1.82) is 0 Å². The van der Waals surface area contributed by atoms with Crippen LogP contribution in [0.1, 0.15) is 56.0 Å². The molecule has 4 heteroatoms. The molecule has 3 rings (SSSR count). The molecule has 2 heterocycles. The Morgan fingerprint density at radius 3 is 2.62 bits per heavy atom. The maximum absolute atomic E-state index is 12.9. The van der Waals surface area contributed by atoms with Crippen LogP contribution >= 0.6 is 0 Å². The lowest BCUT2D eigenvalue weighted by Crippen LogP contribution is -2.37. The van der Waals surface area contributed by atoms with Crippen molar-refractivity contribution in [2.45, 2.75) is 52.6 Å². The lowest BCUT2D eigenvalue weighted by molar-refractivity contribution is 0.0704. The molecule has 4 nitrogen and oxygen atoms in total. The fourth-order valence-corrected chi connectivity index (χ4v) is 3.52. The number of aromatic nitrogens is 2. The minimum Gasteiger partial charge on any atom is -0.336 e. The van der Waals surface area contributed by atoms with Gasteiger partial charge in [0.25, 0.3) is 5.91 Å². The van der Waals surface area contributed by atoms with Crippen LogP contribution in [-0.2, 0) is 6.54 Å². The predicted octanol–water partition coefficient (Wildman–Crippen LogP) is 3.97. The molecular weight excluding hydrogens is 298 g/mol. The van der Waals surface area contributed by atoms with Crippen LogP contribution < -0.4 is 0 Å². The van der Waals surface area contributed by atoms with Gasteiger partial charge in [-0.25, -0.2) is 0 Å². The van der Waals surface area contributed by atoms with Crippen LogP contribution in [-0.4, -0.2) is 33.2 Å². The molecule has 0 radical (unpaired) electrons. The molecule has 1 saturated heterocycles. The zero-order chi connectivity index (χ0) is 17.2. The first-order chi connectivity index (χ1) is 11.4. The molecule has 24 heavy (non-hydrogen) atoms. The number of hydrogen-bond donors (Lipinski definition) is 0. The van der Waals surface area contributed by atoms with Crippen molar-refractivity contribution >= 4 is 5.91 Å². The van der Waals surface area contributed by atoms with Crippen molar-refractivity contribution in [1.82, 2.24) is 14.7 Å². The molecule has 0 spiro atoms. The number of hydrogen-bond acceptors (Lipinski definition) is 2. The van der Waals surface area contributed by atoms with Gasteiger partial charge in [-0.1, -0.05) is 32.9 Å². The Morgan fingerprint density at radius 2 is 2.00 bits per heavy atom. The van der Waals surface area contributed by atoms with E-state index in [-0.39, 0.29) is 11.3 Å². The topological polar surface area (TPSA) is 38.1 Å². The Bertz CT molecular complexity index is 668. The summed E-state index contributed by atoms with van der Waals surface area (Å²) in [6, 6.07) is 10.3. The van der Waals surface area contributed by atoms with E-state index >= 15 is 0 Å². The third-order valence-electron chi connectivity index (χ3n) is 4.59. The molecule has 0 aliphatic carbocycles. The average Bonchev–Trinajstić information content (AvgIpc) is 3.17. The molecule has 1 aliphatic heterocycles. The van der Waals surface area contributed by atoms with Gasteiger partial charge in [0.1, 0.15) is 0 Å². The van der Waals surface area contributed by atoms with E-state index in [1.54, 1.807) is 6.20 Å². The minimum atomic E-state index is 0.174. The second kappa shape index (κ2) is 6.80. The Kier molecular flexibility index (Phi) is 4.74. The summed E-state index contributed by atoms with van der Waals surface area (Å²) in [6.07, 6.45) is 7.03. The Labute approximate surface area is 144 Å². The molecule has 1 amide bonds. The fourth-order valence-electron chi connectivity index (χ4n) is 3.52. The van der Waals surface area contributed by atoms with Crippen LogP contribution in [0, 0.1) is 5.41 Å². The number of benzene rings is 1. The van der Waals surface area contributed by atoms with E-state index < -0.39 is 0 Å². The summed E-state index contributed by atoms with van der Waals surface area (Å²) >= 11 is 0. The van der Waals surface area contributed by atoms with E-state index in [0.29, 0.717) is 6.04 Å². The van der Waals surface area contributed by atoms with Gasteiger partial charge >= 0.3 is 0 Å². The zero-order valence-corrected chi connectivity index (χ0v) is 14.9. The largest absolute Gasteiger partial charge is 0.336 e. The second-order valence-corrected chi connectivity index (χ2v) is 7.96. The van der Waals surface area contributed by atoms with E-state index in [2.05, 4.69) is 30.8 Å². The molecule has 0 N–H and O–H groups in total. The van der Waals surface area contributed by atoms with Crippen molar-refractivity contribution in [2.75, 3.05) is 6.54 Å². The molecule has 0 saturated carbocycles.